The van der Waals surface area contributed by atoms with Crippen LogP contribution in [0.4, 0.5) is 0 Å². The van der Waals surface area contributed by atoms with Crippen molar-refractivity contribution in [2.24, 2.45) is 0 Å². The molecule has 0 N–H and O–H groups in total. The molecule has 0 radical (unpaired) electrons. The van der Waals surface area contributed by atoms with E-state index in [4.69, 9.17) is 0 Å². The molecule has 2 aliphatic rings. The molecular weight excluding hydrogens is 390 g/mol. The Morgan fingerprint density at radius 1 is 0.864 bits per heavy atom. The second-order valence-electron chi connectivity index (χ2n) is 5.11. The molecule has 2 aromatic rings. The third-order valence-corrected chi connectivity index (χ3v) is 7.43. The maximum Gasteiger partial charge on any atom is -0.147 e. The van der Waals surface area contributed by atoms with E-state index in [2.05, 4.69) is 60.7 Å². The van der Waals surface area contributed by atoms with E-state index >= 15 is 0 Å². The molecule has 0 saturated carbocycles. The summed E-state index contributed by atoms with van der Waals surface area (Å²) in [5.41, 5.74) is 6.06. The molecule has 0 unspecified atom stereocenters. The van der Waals surface area contributed by atoms with Gasteiger partial charge in [-0.15, -0.1) is 24.8 Å². The zero-order valence-electron chi connectivity index (χ0n) is 11.5. The van der Waals surface area contributed by atoms with E-state index < -0.39 is 23.2 Å². The standard InChI is InChI=1S/C13H9.C5H5.CH4.2ClH.Zr/c1-3-7-12-10(5-1)9-11-6-2-4-8-13(11)12;1-2-4-5-3-1;;;;/h1-5,7-8H,9H2;1-3H,4H2;1H4;2*1H;. The van der Waals surface area contributed by atoms with Crippen LogP contribution in [0.2, 0.25) is 0 Å². The summed E-state index contributed by atoms with van der Waals surface area (Å²) < 4.78 is 3.38. The van der Waals surface area contributed by atoms with Crippen molar-refractivity contribution in [1.29, 1.82) is 0 Å². The first kappa shape index (κ1) is 19.4. The van der Waals surface area contributed by atoms with Gasteiger partial charge < -0.3 is 0 Å². The van der Waals surface area contributed by atoms with Crippen molar-refractivity contribution in [3.63, 3.8) is 0 Å². The molecule has 22 heavy (non-hydrogen) atoms. The number of hydrogen-bond donors (Lipinski definition) is 0. The van der Waals surface area contributed by atoms with Crippen molar-refractivity contribution >= 4 is 28.1 Å². The zero-order chi connectivity index (χ0) is 12.7. The van der Waals surface area contributed by atoms with Gasteiger partial charge in [-0.1, -0.05) is 7.43 Å². The molecule has 0 atom stereocenters. The summed E-state index contributed by atoms with van der Waals surface area (Å²) in [4.78, 5) is 0. The van der Waals surface area contributed by atoms with E-state index in [1.54, 1.807) is 12.1 Å². The molecule has 4 rings (SSSR count). The minimum atomic E-state index is -0.581. The van der Waals surface area contributed by atoms with Gasteiger partial charge in [-0.2, -0.15) is 0 Å². The molecule has 114 valence electrons. The topological polar surface area (TPSA) is 0 Å². The molecule has 3 heteroatoms. The van der Waals surface area contributed by atoms with Crippen LogP contribution in [0, 0.1) is 0 Å². The number of benzene rings is 2. The molecule has 0 saturated heterocycles. The fourth-order valence-electron chi connectivity index (χ4n) is 2.99. The summed E-state index contributed by atoms with van der Waals surface area (Å²) >= 11 is -0.581. The van der Waals surface area contributed by atoms with Gasteiger partial charge in [0.2, 0.25) is 0 Å². The fourth-order valence-corrected chi connectivity index (χ4v) is 6.18. The van der Waals surface area contributed by atoms with Crippen molar-refractivity contribution < 1.29 is 23.2 Å². The van der Waals surface area contributed by atoms with Crippen molar-refractivity contribution in [1.82, 2.24) is 0 Å². The number of allylic oxidation sites excluding steroid dienone is 4. The minimum Gasteiger partial charge on any atom is -0.147 e. The molecular formula is C19H20Cl2Zr. The molecule has 2 aliphatic carbocycles. The second-order valence-corrected chi connectivity index (χ2v) is 8.63. The van der Waals surface area contributed by atoms with Gasteiger partial charge >= 0.3 is 126 Å². The Balaban J connectivity index is 0.000000807. The summed E-state index contributed by atoms with van der Waals surface area (Å²) in [5, 5.41) is 0. The van der Waals surface area contributed by atoms with Gasteiger partial charge in [0.05, 0.1) is 0 Å². The van der Waals surface area contributed by atoms with E-state index in [0.717, 1.165) is 6.42 Å². The Labute approximate surface area is 157 Å². The first-order valence-corrected chi connectivity index (χ1v) is 9.20. The third-order valence-electron chi connectivity index (χ3n) is 3.92. The van der Waals surface area contributed by atoms with Gasteiger partial charge in [-0.05, 0) is 0 Å². The molecule has 0 aliphatic heterocycles. The van der Waals surface area contributed by atoms with Crippen LogP contribution in [-0.4, -0.2) is 0 Å². The summed E-state index contributed by atoms with van der Waals surface area (Å²) in [7, 11) is 0. The second kappa shape index (κ2) is 8.30. The molecule has 0 bridgehead atoms. The van der Waals surface area contributed by atoms with Gasteiger partial charge in [-0.25, -0.2) is 0 Å². The largest absolute Gasteiger partial charge is 0.147 e. The Kier molecular flexibility index (Phi) is 7.33. The number of fused-ring (bicyclic) bond motifs is 3. The SMILES string of the molecule is C.C1=CC[C]([Zr][c]2cccc3c2Cc2ccccc2-3)=C1.Cl.Cl. The molecule has 0 aromatic heterocycles. The van der Waals surface area contributed by atoms with E-state index in [0.29, 0.717) is 0 Å². The van der Waals surface area contributed by atoms with Crippen LogP contribution in [-0.2, 0) is 29.7 Å². The van der Waals surface area contributed by atoms with Crippen LogP contribution in [0.15, 0.2) is 64.0 Å². The minimum absolute atomic E-state index is 0. The average molecular weight is 410 g/mol. The van der Waals surface area contributed by atoms with Crippen LogP contribution in [0.5, 0.6) is 0 Å². The molecule has 2 aromatic carbocycles. The van der Waals surface area contributed by atoms with Crippen LogP contribution >= 0.6 is 24.8 Å². The first-order chi connectivity index (χ1) is 9.42. The van der Waals surface area contributed by atoms with Crippen LogP contribution in [0.3, 0.4) is 0 Å². The molecule has 0 amide bonds. The third kappa shape index (κ3) is 3.48. The van der Waals surface area contributed by atoms with Crippen molar-refractivity contribution in [3.05, 3.63) is 75.1 Å². The first-order valence-electron chi connectivity index (χ1n) is 6.75. The predicted octanol–water partition coefficient (Wildman–Crippen LogP) is 5.29. The van der Waals surface area contributed by atoms with E-state index in [9.17, 15) is 0 Å². The molecule has 0 heterocycles. The van der Waals surface area contributed by atoms with E-state index in [-0.39, 0.29) is 32.2 Å². The molecule has 0 nitrogen and oxygen atoms in total. The Hall–Kier alpha value is -0.617. The quantitative estimate of drug-likeness (QED) is 0.539. The number of rotatable bonds is 2. The number of halogens is 2. The summed E-state index contributed by atoms with van der Waals surface area (Å²) in [6.45, 7) is 0. The van der Waals surface area contributed by atoms with Gasteiger partial charge in [0.15, 0.2) is 0 Å². The maximum absolute atomic E-state index is 2.37. The molecule has 0 fully saturated rings. The maximum atomic E-state index is 2.37. The van der Waals surface area contributed by atoms with Crippen molar-refractivity contribution in [2.75, 3.05) is 0 Å². The van der Waals surface area contributed by atoms with Crippen LogP contribution < -0.4 is 3.27 Å². The molecule has 0 spiro atoms. The monoisotopic (exact) mass is 408 g/mol. The predicted molar refractivity (Wildman–Crippen MR) is 97.4 cm³/mol. The van der Waals surface area contributed by atoms with Gasteiger partial charge in [0.1, 0.15) is 0 Å². The Morgan fingerprint density at radius 2 is 1.64 bits per heavy atom. The summed E-state index contributed by atoms with van der Waals surface area (Å²) in [5.74, 6) is 0. The average Bonchev–Trinajstić information content (AvgIpc) is 3.06. The van der Waals surface area contributed by atoms with Crippen molar-refractivity contribution in [2.45, 2.75) is 20.3 Å². The summed E-state index contributed by atoms with van der Waals surface area (Å²) in [6, 6.07) is 15.8. The zero-order valence-corrected chi connectivity index (χ0v) is 15.6. The van der Waals surface area contributed by atoms with Crippen molar-refractivity contribution in [3.8, 4) is 11.1 Å². The Bertz CT molecular complexity index is 717. The number of hydrogen-bond acceptors (Lipinski definition) is 0. The van der Waals surface area contributed by atoms with Crippen LogP contribution in [0.25, 0.3) is 11.1 Å². The van der Waals surface area contributed by atoms with Crippen LogP contribution in [0.1, 0.15) is 25.0 Å². The van der Waals surface area contributed by atoms with E-state index in [1.165, 1.54) is 23.1 Å². The van der Waals surface area contributed by atoms with E-state index in [1.807, 2.05) is 0 Å². The smallest absolute Gasteiger partial charge is 0.147 e. The summed E-state index contributed by atoms with van der Waals surface area (Å²) in [6.07, 6.45) is 9.18. The Morgan fingerprint density at radius 3 is 2.41 bits per heavy atom. The fraction of sp³-hybridized carbons (Fsp3) is 0.158. The van der Waals surface area contributed by atoms with Gasteiger partial charge in [-0.3, -0.25) is 0 Å². The van der Waals surface area contributed by atoms with Gasteiger partial charge in [0, 0.05) is 0 Å². The normalized spacial score (nSPS) is 13.0. The van der Waals surface area contributed by atoms with Gasteiger partial charge in [0.25, 0.3) is 0 Å².